The Morgan fingerprint density at radius 1 is 1.12 bits per heavy atom. The Hall–Kier alpha value is -2.22. The lowest BCUT2D eigenvalue weighted by Crippen LogP contribution is -2.42. The second-order valence-corrected chi connectivity index (χ2v) is 7.55. The van der Waals surface area contributed by atoms with Gasteiger partial charge >= 0.3 is 0 Å². The van der Waals surface area contributed by atoms with Crippen LogP contribution in [0.2, 0.25) is 5.02 Å². The first kappa shape index (κ1) is 18.6. The van der Waals surface area contributed by atoms with Crippen LogP contribution >= 0.6 is 38.9 Å². The monoisotopic (exact) mass is 449 g/mol. The summed E-state index contributed by atoms with van der Waals surface area (Å²) in [5, 5.41) is 3.20. The Bertz CT molecular complexity index is 944. The van der Waals surface area contributed by atoms with E-state index < -0.39 is 5.91 Å². The van der Waals surface area contributed by atoms with Crippen LogP contribution in [0.1, 0.15) is 16.1 Å². The van der Waals surface area contributed by atoms with Crippen molar-refractivity contribution < 1.29 is 9.59 Å². The first-order chi connectivity index (χ1) is 12.5. The van der Waals surface area contributed by atoms with E-state index in [2.05, 4.69) is 31.8 Å². The third-order valence-corrected chi connectivity index (χ3v) is 5.07. The van der Waals surface area contributed by atoms with Gasteiger partial charge < -0.3 is 0 Å². The van der Waals surface area contributed by atoms with Crippen molar-refractivity contribution in [3.05, 3.63) is 74.7 Å². The van der Waals surface area contributed by atoms with Crippen LogP contribution in [0.3, 0.4) is 0 Å². The fourth-order valence-electron chi connectivity index (χ4n) is 2.15. The predicted octanol–water partition coefficient (Wildman–Crippen LogP) is 4.23. The predicted molar refractivity (Wildman–Crippen MR) is 106 cm³/mol. The summed E-state index contributed by atoms with van der Waals surface area (Å²) in [7, 11) is 0. The molecule has 0 fully saturated rings. The Labute approximate surface area is 167 Å². The Morgan fingerprint density at radius 2 is 1.88 bits per heavy atom. The zero-order valence-corrected chi connectivity index (χ0v) is 16.5. The van der Waals surface area contributed by atoms with Crippen LogP contribution < -0.4 is 10.9 Å². The number of thiazole rings is 1. The number of aromatic nitrogens is 1. The summed E-state index contributed by atoms with van der Waals surface area (Å²) in [5.41, 5.74) is 6.78. The van der Waals surface area contributed by atoms with E-state index in [4.69, 9.17) is 11.6 Å². The minimum absolute atomic E-state index is 0.0748. The summed E-state index contributed by atoms with van der Waals surface area (Å²) >= 11 is 10.7. The molecular weight excluding hydrogens is 438 g/mol. The molecule has 0 saturated heterocycles. The highest BCUT2D eigenvalue weighted by Gasteiger charge is 2.11. The molecule has 0 atom stereocenters. The van der Waals surface area contributed by atoms with Crippen molar-refractivity contribution in [3.8, 4) is 10.6 Å². The first-order valence-corrected chi connectivity index (χ1v) is 9.61. The summed E-state index contributed by atoms with van der Waals surface area (Å²) in [6.07, 6.45) is 0.0748. The third-order valence-electron chi connectivity index (χ3n) is 3.39. The minimum Gasteiger partial charge on any atom is -0.273 e. The topological polar surface area (TPSA) is 71.1 Å². The molecule has 2 aromatic carbocycles. The van der Waals surface area contributed by atoms with Crippen LogP contribution in [0.25, 0.3) is 10.6 Å². The molecule has 1 heterocycles. The summed E-state index contributed by atoms with van der Waals surface area (Å²) in [6.45, 7) is 0. The number of nitrogens with zero attached hydrogens (tertiary/aromatic N) is 1. The Kier molecular flexibility index (Phi) is 6.03. The summed E-state index contributed by atoms with van der Waals surface area (Å²) < 4.78 is 0.967. The lowest BCUT2D eigenvalue weighted by Gasteiger charge is -2.06. The van der Waals surface area contributed by atoms with Crippen LogP contribution in [0.5, 0.6) is 0 Å². The van der Waals surface area contributed by atoms with Crippen molar-refractivity contribution in [1.29, 1.82) is 0 Å². The van der Waals surface area contributed by atoms with Crippen molar-refractivity contribution in [2.75, 3.05) is 0 Å². The largest absolute Gasteiger partial charge is 0.273 e. The van der Waals surface area contributed by atoms with Gasteiger partial charge in [0.1, 0.15) is 5.01 Å². The van der Waals surface area contributed by atoms with E-state index in [1.807, 2.05) is 29.6 Å². The number of halogens is 2. The van der Waals surface area contributed by atoms with Gasteiger partial charge in [0, 0.05) is 26.0 Å². The summed E-state index contributed by atoms with van der Waals surface area (Å²) in [4.78, 5) is 28.4. The highest BCUT2D eigenvalue weighted by molar-refractivity contribution is 9.10. The van der Waals surface area contributed by atoms with Gasteiger partial charge in [-0.3, -0.25) is 20.4 Å². The first-order valence-electron chi connectivity index (χ1n) is 7.56. The van der Waals surface area contributed by atoms with Gasteiger partial charge in [0.25, 0.3) is 5.91 Å². The van der Waals surface area contributed by atoms with E-state index >= 15 is 0 Å². The van der Waals surface area contributed by atoms with Gasteiger partial charge in [0.05, 0.1) is 12.1 Å². The Morgan fingerprint density at radius 3 is 2.62 bits per heavy atom. The molecule has 8 heteroatoms. The van der Waals surface area contributed by atoms with E-state index in [-0.39, 0.29) is 12.3 Å². The molecule has 0 saturated carbocycles. The standard InChI is InChI=1S/C18H13BrClN3O2S/c19-13-3-1-2-12(8-13)18-21-15(10-26-18)9-16(24)22-23-17(25)11-4-6-14(20)7-5-11/h1-8,10H,9H2,(H,22,24)(H,23,25). The molecule has 2 N–H and O–H groups in total. The number of hydrazine groups is 1. The average Bonchev–Trinajstić information content (AvgIpc) is 3.09. The minimum atomic E-state index is -0.414. The number of rotatable bonds is 4. The molecular formula is C18H13BrClN3O2S. The van der Waals surface area contributed by atoms with Gasteiger partial charge in [0.2, 0.25) is 5.91 Å². The number of amides is 2. The van der Waals surface area contributed by atoms with Crippen LogP contribution in [0.4, 0.5) is 0 Å². The molecule has 132 valence electrons. The van der Waals surface area contributed by atoms with Gasteiger partial charge in [-0.15, -0.1) is 11.3 Å². The van der Waals surface area contributed by atoms with E-state index in [0.29, 0.717) is 16.3 Å². The van der Waals surface area contributed by atoms with E-state index in [9.17, 15) is 9.59 Å². The number of nitrogens with one attached hydrogen (secondary N) is 2. The molecule has 26 heavy (non-hydrogen) atoms. The zero-order valence-electron chi connectivity index (χ0n) is 13.3. The second-order valence-electron chi connectivity index (χ2n) is 5.34. The summed E-state index contributed by atoms with van der Waals surface area (Å²) in [6, 6.07) is 14.2. The molecule has 2 amide bonds. The van der Waals surface area contributed by atoms with Gasteiger partial charge in [-0.1, -0.05) is 39.7 Å². The molecule has 0 unspecified atom stereocenters. The van der Waals surface area contributed by atoms with Crippen LogP contribution in [0.15, 0.2) is 58.4 Å². The molecule has 1 aromatic heterocycles. The van der Waals surface area contributed by atoms with Crippen molar-refractivity contribution in [2.24, 2.45) is 0 Å². The van der Waals surface area contributed by atoms with Crippen molar-refractivity contribution in [2.45, 2.75) is 6.42 Å². The number of carbonyl (C=O) groups excluding carboxylic acids is 2. The number of carbonyl (C=O) groups is 2. The molecule has 0 aliphatic heterocycles. The quantitative estimate of drug-likeness (QED) is 0.584. The van der Waals surface area contributed by atoms with Gasteiger partial charge in [0.15, 0.2) is 0 Å². The van der Waals surface area contributed by atoms with Crippen molar-refractivity contribution in [3.63, 3.8) is 0 Å². The maximum absolute atomic E-state index is 12.0. The molecule has 3 rings (SSSR count). The highest BCUT2D eigenvalue weighted by atomic mass is 79.9. The normalized spacial score (nSPS) is 10.4. The van der Waals surface area contributed by atoms with Crippen molar-refractivity contribution in [1.82, 2.24) is 15.8 Å². The zero-order chi connectivity index (χ0) is 18.5. The average molecular weight is 451 g/mol. The Balaban J connectivity index is 1.55. The SMILES string of the molecule is O=C(Cc1csc(-c2cccc(Br)c2)n1)NNC(=O)c1ccc(Cl)cc1. The fourth-order valence-corrected chi connectivity index (χ4v) is 3.49. The number of hydrogen-bond acceptors (Lipinski definition) is 4. The smallest absolute Gasteiger partial charge is 0.269 e. The maximum Gasteiger partial charge on any atom is 0.269 e. The highest BCUT2D eigenvalue weighted by Crippen LogP contribution is 2.26. The third kappa shape index (κ3) is 4.91. The molecule has 0 spiro atoms. The van der Waals surface area contributed by atoms with E-state index in [1.54, 1.807) is 24.3 Å². The number of benzene rings is 2. The molecule has 5 nitrogen and oxygen atoms in total. The molecule has 3 aromatic rings. The van der Waals surface area contributed by atoms with Crippen LogP contribution in [-0.2, 0) is 11.2 Å². The van der Waals surface area contributed by atoms with E-state index in [1.165, 1.54) is 11.3 Å². The summed E-state index contributed by atoms with van der Waals surface area (Å²) in [5.74, 6) is -0.762. The molecule has 0 bridgehead atoms. The van der Waals surface area contributed by atoms with Crippen molar-refractivity contribution >= 4 is 50.7 Å². The lowest BCUT2D eigenvalue weighted by molar-refractivity contribution is -0.121. The van der Waals surface area contributed by atoms with Crippen LogP contribution in [-0.4, -0.2) is 16.8 Å². The van der Waals surface area contributed by atoms with Crippen LogP contribution in [0, 0.1) is 0 Å². The molecule has 0 aliphatic carbocycles. The van der Waals surface area contributed by atoms with E-state index in [0.717, 1.165) is 15.0 Å². The lowest BCUT2D eigenvalue weighted by atomic mass is 10.2. The van der Waals surface area contributed by atoms with Gasteiger partial charge in [-0.05, 0) is 36.4 Å². The molecule has 0 radical (unpaired) electrons. The second kappa shape index (κ2) is 8.44. The fraction of sp³-hybridized carbons (Fsp3) is 0.0556. The number of hydrogen-bond donors (Lipinski definition) is 2. The molecule has 0 aliphatic rings. The maximum atomic E-state index is 12.0. The van der Waals surface area contributed by atoms with Gasteiger partial charge in [-0.2, -0.15) is 0 Å². The van der Waals surface area contributed by atoms with Gasteiger partial charge in [-0.25, -0.2) is 4.98 Å².